The zero-order valence-corrected chi connectivity index (χ0v) is 9.01. The van der Waals surface area contributed by atoms with E-state index in [1.807, 2.05) is 0 Å². The van der Waals surface area contributed by atoms with Crippen LogP contribution in [0.15, 0.2) is 18.2 Å². The Hall–Kier alpha value is -1.23. The molecular weight excluding hydrogens is 221 g/mol. The van der Waals surface area contributed by atoms with Crippen molar-refractivity contribution in [2.75, 3.05) is 7.11 Å². The molecule has 1 aromatic carbocycles. The Morgan fingerprint density at radius 2 is 2.00 bits per heavy atom. The van der Waals surface area contributed by atoms with Crippen molar-refractivity contribution >= 4 is 0 Å². The normalized spacial score (nSPS) is 13.6. The number of aryl methyl sites for hydroxylation is 1. The van der Waals surface area contributed by atoms with E-state index >= 15 is 0 Å². The Balaban J connectivity index is 2.82. The lowest BCUT2D eigenvalue weighted by Gasteiger charge is -2.15. The fourth-order valence-electron chi connectivity index (χ4n) is 1.33. The van der Waals surface area contributed by atoms with Crippen LogP contribution in [-0.4, -0.2) is 24.5 Å². The molecule has 0 aromatic heterocycles. The number of hydrogen-bond donors (Lipinski definition) is 1. The minimum Gasteiger partial charge on any atom is -0.496 e. The van der Waals surface area contributed by atoms with Gasteiger partial charge in [0.1, 0.15) is 5.75 Å². The summed E-state index contributed by atoms with van der Waals surface area (Å²) in [7, 11) is 1.45. The number of rotatable bonds is 3. The molecule has 90 valence electrons. The molecule has 0 saturated heterocycles. The number of ether oxygens (including phenoxy) is 1. The van der Waals surface area contributed by atoms with E-state index in [1.165, 1.54) is 13.2 Å². The maximum Gasteiger partial charge on any atom is 0.414 e. The van der Waals surface area contributed by atoms with E-state index in [0.29, 0.717) is 11.3 Å². The highest BCUT2D eigenvalue weighted by Crippen LogP contribution is 2.25. The molecular formula is C11H13F3O2. The fourth-order valence-corrected chi connectivity index (χ4v) is 1.33. The number of aliphatic hydroxyl groups excluding tert-OH is 1. The molecule has 0 amide bonds. The summed E-state index contributed by atoms with van der Waals surface area (Å²) < 4.78 is 41.3. The molecule has 0 saturated carbocycles. The first-order valence-electron chi connectivity index (χ1n) is 4.73. The van der Waals surface area contributed by atoms with Crippen LogP contribution < -0.4 is 4.74 Å². The van der Waals surface area contributed by atoms with Crippen molar-refractivity contribution in [1.29, 1.82) is 0 Å². The lowest BCUT2D eigenvalue weighted by molar-refractivity contribution is -0.203. The number of methoxy groups -OCH3 is 1. The average Bonchev–Trinajstić information content (AvgIpc) is 2.19. The van der Waals surface area contributed by atoms with Gasteiger partial charge in [-0.15, -0.1) is 0 Å². The van der Waals surface area contributed by atoms with E-state index in [9.17, 15) is 13.2 Å². The molecule has 0 aliphatic carbocycles. The quantitative estimate of drug-likeness (QED) is 0.870. The zero-order chi connectivity index (χ0) is 12.3. The van der Waals surface area contributed by atoms with Crippen molar-refractivity contribution in [2.45, 2.75) is 25.6 Å². The van der Waals surface area contributed by atoms with E-state index < -0.39 is 18.7 Å². The molecule has 1 atom stereocenters. The van der Waals surface area contributed by atoms with Crippen LogP contribution in [0.5, 0.6) is 5.75 Å². The van der Waals surface area contributed by atoms with Crippen LogP contribution in [0, 0.1) is 6.92 Å². The second kappa shape index (κ2) is 4.74. The van der Waals surface area contributed by atoms with Crippen molar-refractivity contribution in [3.63, 3.8) is 0 Å². The Labute approximate surface area is 91.7 Å². The summed E-state index contributed by atoms with van der Waals surface area (Å²) in [5.41, 5.74) is 1.24. The molecule has 5 heteroatoms. The predicted octanol–water partition coefficient (Wildman–Crippen LogP) is 2.47. The van der Waals surface area contributed by atoms with Crippen molar-refractivity contribution < 1.29 is 23.0 Å². The van der Waals surface area contributed by atoms with Crippen LogP contribution in [0.4, 0.5) is 13.2 Å². The zero-order valence-electron chi connectivity index (χ0n) is 9.01. The van der Waals surface area contributed by atoms with Crippen LogP contribution in [0.25, 0.3) is 0 Å². The molecule has 0 aliphatic rings. The summed E-state index contributed by atoms with van der Waals surface area (Å²) in [6, 6.07) is 4.72. The van der Waals surface area contributed by atoms with Gasteiger partial charge in [0.05, 0.1) is 7.11 Å². The third-order valence-corrected chi connectivity index (χ3v) is 2.28. The predicted molar refractivity (Wildman–Crippen MR) is 53.5 cm³/mol. The number of hydrogen-bond acceptors (Lipinski definition) is 2. The third kappa shape index (κ3) is 3.13. The lowest BCUT2D eigenvalue weighted by Crippen LogP contribution is -2.30. The van der Waals surface area contributed by atoms with Gasteiger partial charge in [-0.2, -0.15) is 13.2 Å². The highest BCUT2D eigenvalue weighted by molar-refractivity contribution is 5.36. The Morgan fingerprint density at radius 3 is 2.50 bits per heavy atom. The van der Waals surface area contributed by atoms with E-state index in [2.05, 4.69) is 0 Å². The second-order valence-electron chi connectivity index (χ2n) is 3.57. The van der Waals surface area contributed by atoms with Gasteiger partial charge >= 0.3 is 6.18 Å². The molecule has 1 N–H and O–H groups in total. The van der Waals surface area contributed by atoms with Crippen LogP contribution in [0.2, 0.25) is 0 Å². The van der Waals surface area contributed by atoms with E-state index in [4.69, 9.17) is 9.84 Å². The first-order chi connectivity index (χ1) is 7.34. The highest BCUT2D eigenvalue weighted by atomic mass is 19.4. The maximum atomic E-state index is 12.1. The molecule has 1 aromatic rings. The van der Waals surface area contributed by atoms with Gasteiger partial charge in [-0.1, -0.05) is 12.1 Å². The summed E-state index contributed by atoms with van der Waals surface area (Å²) in [5, 5.41) is 8.91. The standard InChI is InChI=1S/C11H13F3O2/c1-7-3-4-8(5-9(7)16-2)6-10(15)11(12,13)14/h3-5,10,15H,6H2,1-2H3. The maximum absolute atomic E-state index is 12.1. The summed E-state index contributed by atoms with van der Waals surface area (Å²) >= 11 is 0. The van der Waals surface area contributed by atoms with Gasteiger partial charge in [-0.05, 0) is 24.1 Å². The summed E-state index contributed by atoms with van der Waals surface area (Å²) in [5.74, 6) is 0.520. The minimum atomic E-state index is -4.59. The van der Waals surface area contributed by atoms with Gasteiger partial charge in [0.15, 0.2) is 6.10 Å². The molecule has 1 rings (SSSR count). The summed E-state index contributed by atoms with van der Waals surface area (Å²) in [6.07, 6.45) is -7.38. The Morgan fingerprint density at radius 1 is 1.38 bits per heavy atom. The van der Waals surface area contributed by atoms with Gasteiger partial charge < -0.3 is 9.84 Å². The van der Waals surface area contributed by atoms with Crippen LogP contribution in [0.3, 0.4) is 0 Å². The SMILES string of the molecule is COc1cc(CC(O)C(F)(F)F)ccc1C. The number of aliphatic hydroxyl groups is 1. The van der Waals surface area contributed by atoms with Gasteiger partial charge in [0, 0.05) is 6.42 Å². The number of alkyl halides is 3. The number of benzene rings is 1. The first kappa shape index (κ1) is 12.8. The first-order valence-corrected chi connectivity index (χ1v) is 4.73. The largest absolute Gasteiger partial charge is 0.496 e. The smallest absolute Gasteiger partial charge is 0.414 e. The molecule has 0 bridgehead atoms. The van der Waals surface area contributed by atoms with Crippen molar-refractivity contribution in [2.24, 2.45) is 0 Å². The molecule has 1 unspecified atom stereocenters. The lowest BCUT2D eigenvalue weighted by atomic mass is 10.1. The van der Waals surface area contributed by atoms with Crippen molar-refractivity contribution in [3.8, 4) is 5.75 Å². The Kier molecular flexibility index (Phi) is 3.80. The van der Waals surface area contributed by atoms with Crippen molar-refractivity contribution in [3.05, 3.63) is 29.3 Å². The van der Waals surface area contributed by atoms with Gasteiger partial charge in [-0.25, -0.2) is 0 Å². The summed E-state index contributed by atoms with van der Waals surface area (Å²) in [4.78, 5) is 0. The van der Waals surface area contributed by atoms with E-state index in [1.54, 1.807) is 19.1 Å². The summed E-state index contributed by atoms with van der Waals surface area (Å²) in [6.45, 7) is 1.79. The van der Waals surface area contributed by atoms with Crippen LogP contribution >= 0.6 is 0 Å². The monoisotopic (exact) mass is 234 g/mol. The molecule has 0 aliphatic heterocycles. The van der Waals surface area contributed by atoms with Crippen molar-refractivity contribution in [1.82, 2.24) is 0 Å². The van der Waals surface area contributed by atoms with Gasteiger partial charge in [0.25, 0.3) is 0 Å². The minimum absolute atomic E-state index is 0.396. The average molecular weight is 234 g/mol. The Bertz CT molecular complexity index is 361. The number of halogens is 3. The van der Waals surface area contributed by atoms with Gasteiger partial charge in [0.2, 0.25) is 0 Å². The van der Waals surface area contributed by atoms with Crippen LogP contribution in [0.1, 0.15) is 11.1 Å². The van der Waals surface area contributed by atoms with Gasteiger partial charge in [-0.3, -0.25) is 0 Å². The highest BCUT2D eigenvalue weighted by Gasteiger charge is 2.37. The van der Waals surface area contributed by atoms with E-state index in [0.717, 1.165) is 5.56 Å². The topological polar surface area (TPSA) is 29.5 Å². The molecule has 16 heavy (non-hydrogen) atoms. The fraction of sp³-hybridized carbons (Fsp3) is 0.455. The third-order valence-electron chi connectivity index (χ3n) is 2.28. The van der Waals surface area contributed by atoms with Crippen LogP contribution in [-0.2, 0) is 6.42 Å². The molecule has 0 fully saturated rings. The second-order valence-corrected chi connectivity index (χ2v) is 3.57. The molecule has 2 nitrogen and oxygen atoms in total. The molecule has 0 heterocycles. The molecule has 0 radical (unpaired) electrons. The molecule has 0 spiro atoms. The van der Waals surface area contributed by atoms with E-state index in [-0.39, 0.29) is 0 Å².